The number of nitro benzene ring substituents is 1. The van der Waals surface area contributed by atoms with Gasteiger partial charge >= 0.3 is 0 Å². The SMILES string of the molecule is CC.CC(C)CN(CC(CNC=O)NO)Sc1ccc([N+](=O)[O-])cc1.COC1CCOC1.Cc1ccccc1. The van der Waals surface area contributed by atoms with E-state index < -0.39 is 4.92 Å². The van der Waals surface area contributed by atoms with Gasteiger partial charge in [0.05, 0.1) is 23.7 Å². The molecule has 11 heteroatoms. The van der Waals surface area contributed by atoms with Crippen molar-refractivity contribution in [2.24, 2.45) is 5.92 Å². The van der Waals surface area contributed by atoms with Crippen LogP contribution in [-0.4, -0.2) is 72.9 Å². The van der Waals surface area contributed by atoms with Crippen LogP contribution in [-0.2, 0) is 14.3 Å². The number of carbonyl (C=O) groups excluding carboxylic acids is 1. The largest absolute Gasteiger partial charge is 0.379 e. The van der Waals surface area contributed by atoms with Gasteiger partial charge in [-0.3, -0.25) is 14.9 Å². The van der Waals surface area contributed by atoms with Crippen LogP contribution in [0.25, 0.3) is 0 Å². The van der Waals surface area contributed by atoms with E-state index in [1.54, 1.807) is 19.2 Å². The second kappa shape index (κ2) is 23.4. The van der Waals surface area contributed by atoms with Crippen LogP contribution in [0.15, 0.2) is 59.5 Å². The van der Waals surface area contributed by atoms with Gasteiger partial charge in [-0.15, -0.1) is 0 Å². The molecule has 3 N–H and O–H groups in total. The molecular weight excluding hydrogens is 520 g/mol. The van der Waals surface area contributed by atoms with Gasteiger partial charge in [-0.25, -0.2) is 4.31 Å². The molecule has 2 aromatic rings. The van der Waals surface area contributed by atoms with Crippen molar-refractivity contribution in [3.05, 3.63) is 70.3 Å². The van der Waals surface area contributed by atoms with E-state index in [0.29, 0.717) is 31.5 Å². The van der Waals surface area contributed by atoms with Gasteiger partial charge in [0, 0.05) is 50.4 Å². The number of nitrogens with zero attached hydrogens (tertiary/aromatic N) is 2. The molecule has 2 atom stereocenters. The number of benzene rings is 2. The van der Waals surface area contributed by atoms with Crippen LogP contribution in [0, 0.1) is 23.0 Å². The first kappa shape index (κ1) is 36.5. The number of methoxy groups -OCH3 is 1. The number of carbonyl (C=O) groups is 1. The summed E-state index contributed by atoms with van der Waals surface area (Å²) in [4.78, 5) is 21.5. The normalized spacial score (nSPS) is 14.6. The topological polar surface area (TPSA) is 126 Å². The number of hydroxylamine groups is 1. The maximum atomic E-state index is 10.7. The van der Waals surface area contributed by atoms with E-state index in [9.17, 15) is 20.1 Å². The number of hydrogen-bond acceptors (Lipinski definition) is 9. The molecule has 0 spiro atoms. The minimum absolute atomic E-state index is 0.0508. The minimum atomic E-state index is -0.433. The number of amides is 1. The van der Waals surface area contributed by atoms with Crippen molar-refractivity contribution >= 4 is 24.0 Å². The molecule has 1 aliphatic heterocycles. The van der Waals surface area contributed by atoms with Gasteiger partial charge in [0.15, 0.2) is 0 Å². The smallest absolute Gasteiger partial charge is 0.269 e. The van der Waals surface area contributed by atoms with Gasteiger partial charge in [0.2, 0.25) is 6.41 Å². The molecule has 1 heterocycles. The summed E-state index contributed by atoms with van der Waals surface area (Å²) in [6, 6.07) is 16.3. The van der Waals surface area contributed by atoms with Crippen LogP contribution < -0.4 is 10.8 Å². The standard InChI is InChI=1S/C14H22N4O4S.C7H8.C5H10O2.C2H6/c1-11(2)8-17(9-12(16-20)7-15-10-19)23-14-5-3-13(4-6-14)18(21)22;1-7-5-3-2-4-6-7;1-6-5-2-3-7-4-5;1-2/h3-6,10-12,16,20H,7-9H2,1-2H3,(H,15,19);2-6H,1H3;5H,2-4H2,1H3;1-2H3. The molecule has 0 radical (unpaired) electrons. The Morgan fingerprint density at radius 2 is 1.82 bits per heavy atom. The molecule has 39 heavy (non-hydrogen) atoms. The fourth-order valence-corrected chi connectivity index (χ4v) is 4.34. The quantitative estimate of drug-likeness (QED) is 0.139. The minimum Gasteiger partial charge on any atom is -0.379 e. The molecule has 10 nitrogen and oxygen atoms in total. The van der Waals surface area contributed by atoms with Gasteiger partial charge in [0.25, 0.3) is 5.69 Å². The zero-order chi connectivity index (χ0) is 29.5. The Kier molecular flexibility index (Phi) is 21.8. The molecule has 0 aromatic heterocycles. The molecule has 3 rings (SSSR count). The number of ether oxygens (including phenoxy) is 2. The summed E-state index contributed by atoms with van der Waals surface area (Å²) in [6.07, 6.45) is 2.02. The van der Waals surface area contributed by atoms with Gasteiger partial charge in [-0.2, -0.15) is 5.48 Å². The highest BCUT2D eigenvalue weighted by molar-refractivity contribution is 7.97. The molecule has 1 fully saturated rings. The van der Waals surface area contributed by atoms with Crippen molar-refractivity contribution in [3.8, 4) is 0 Å². The highest BCUT2D eigenvalue weighted by Gasteiger charge is 2.17. The summed E-state index contributed by atoms with van der Waals surface area (Å²) in [6.45, 7) is 13.5. The van der Waals surface area contributed by atoms with Crippen molar-refractivity contribution in [2.45, 2.75) is 58.1 Å². The Morgan fingerprint density at radius 1 is 1.18 bits per heavy atom. The van der Waals surface area contributed by atoms with E-state index >= 15 is 0 Å². The van der Waals surface area contributed by atoms with E-state index in [-0.39, 0.29) is 11.7 Å². The first-order valence-electron chi connectivity index (χ1n) is 13.1. The Bertz CT molecular complexity index is 868. The van der Waals surface area contributed by atoms with Gasteiger partial charge < -0.3 is 20.0 Å². The van der Waals surface area contributed by atoms with Crippen LogP contribution in [0.2, 0.25) is 0 Å². The summed E-state index contributed by atoms with van der Waals surface area (Å²) in [7, 11) is 1.72. The van der Waals surface area contributed by atoms with Crippen LogP contribution >= 0.6 is 11.9 Å². The monoisotopic (exact) mass is 566 g/mol. The Morgan fingerprint density at radius 3 is 2.21 bits per heavy atom. The van der Waals surface area contributed by atoms with Crippen molar-refractivity contribution in [3.63, 3.8) is 0 Å². The van der Waals surface area contributed by atoms with Crippen LogP contribution in [0.3, 0.4) is 0 Å². The van der Waals surface area contributed by atoms with E-state index in [0.717, 1.165) is 31.1 Å². The van der Waals surface area contributed by atoms with Crippen LogP contribution in [0.4, 0.5) is 5.69 Å². The van der Waals surface area contributed by atoms with Gasteiger partial charge in [-0.1, -0.05) is 63.6 Å². The van der Waals surface area contributed by atoms with Crippen LogP contribution in [0.1, 0.15) is 39.7 Å². The molecule has 0 bridgehead atoms. The highest BCUT2D eigenvalue weighted by atomic mass is 32.2. The third-order valence-corrected chi connectivity index (χ3v) is 6.11. The van der Waals surface area contributed by atoms with Gasteiger partial charge in [0.1, 0.15) is 0 Å². The fourth-order valence-electron chi connectivity index (χ4n) is 3.15. The summed E-state index contributed by atoms with van der Waals surface area (Å²) in [5.41, 5.74) is 3.56. The zero-order valence-electron chi connectivity index (χ0n) is 24.0. The second-order valence-corrected chi connectivity index (χ2v) is 9.98. The van der Waals surface area contributed by atoms with E-state index in [1.165, 1.54) is 29.6 Å². The summed E-state index contributed by atoms with van der Waals surface area (Å²) in [5, 5.41) is 22.4. The van der Waals surface area contributed by atoms with Crippen molar-refractivity contribution in [1.82, 2.24) is 15.1 Å². The van der Waals surface area contributed by atoms with E-state index in [1.807, 2.05) is 36.4 Å². The van der Waals surface area contributed by atoms with E-state index in [4.69, 9.17) is 9.47 Å². The fraction of sp³-hybridized carbons (Fsp3) is 0.536. The first-order valence-corrected chi connectivity index (χ1v) is 13.9. The third kappa shape index (κ3) is 18.4. The van der Waals surface area contributed by atoms with Crippen LogP contribution in [0.5, 0.6) is 0 Å². The Balaban J connectivity index is 0.000000723. The predicted molar refractivity (Wildman–Crippen MR) is 157 cm³/mol. The molecular formula is C28H46N4O6S. The second-order valence-electron chi connectivity index (χ2n) is 8.81. The Hall–Kier alpha value is -2.54. The number of nitro groups is 1. The lowest BCUT2D eigenvalue weighted by Gasteiger charge is -2.27. The van der Waals surface area contributed by atoms with Crippen molar-refractivity contribution < 1.29 is 24.4 Å². The number of nitrogens with one attached hydrogen (secondary N) is 2. The maximum absolute atomic E-state index is 10.7. The lowest BCUT2D eigenvalue weighted by Crippen LogP contribution is -2.44. The third-order valence-electron chi connectivity index (χ3n) is 5.07. The summed E-state index contributed by atoms with van der Waals surface area (Å²) in [5.74, 6) is 0.402. The molecule has 220 valence electrons. The summed E-state index contributed by atoms with van der Waals surface area (Å²) < 4.78 is 12.1. The number of aryl methyl sites for hydroxylation is 1. The predicted octanol–water partition coefficient (Wildman–Crippen LogP) is 5.10. The lowest BCUT2D eigenvalue weighted by molar-refractivity contribution is -0.384. The molecule has 1 aliphatic rings. The van der Waals surface area contributed by atoms with E-state index in [2.05, 4.69) is 43.7 Å². The highest BCUT2D eigenvalue weighted by Crippen LogP contribution is 2.26. The number of rotatable bonds is 12. The maximum Gasteiger partial charge on any atom is 0.269 e. The molecule has 2 unspecified atom stereocenters. The number of non-ortho nitro benzene ring substituents is 1. The average Bonchev–Trinajstić information content (AvgIpc) is 3.47. The Labute approximate surface area is 237 Å². The molecule has 1 saturated heterocycles. The number of hydrogen-bond donors (Lipinski definition) is 3. The van der Waals surface area contributed by atoms with Crippen molar-refractivity contribution in [2.75, 3.05) is 40.0 Å². The molecule has 0 saturated carbocycles. The first-order chi connectivity index (χ1) is 18.8. The summed E-state index contributed by atoms with van der Waals surface area (Å²) >= 11 is 1.46. The molecule has 2 aromatic carbocycles. The molecule has 0 aliphatic carbocycles. The lowest BCUT2D eigenvalue weighted by atomic mass is 10.2. The average molecular weight is 567 g/mol. The zero-order valence-corrected chi connectivity index (χ0v) is 24.9. The molecule has 1 amide bonds. The van der Waals surface area contributed by atoms with Crippen molar-refractivity contribution in [1.29, 1.82) is 0 Å². The van der Waals surface area contributed by atoms with Gasteiger partial charge in [-0.05, 0) is 43.3 Å².